The first-order chi connectivity index (χ1) is 8.16. The van der Waals surface area contributed by atoms with E-state index < -0.39 is 5.97 Å². The molecule has 3 nitrogen and oxygen atoms in total. The molecule has 2 rings (SSSR count). The minimum Gasteiger partial charge on any atom is -0.481 e. The second-order valence-corrected chi connectivity index (χ2v) is 4.80. The summed E-state index contributed by atoms with van der Waals surface area (Å²) in [5.41, 5.74) is 3.86. The summed E-state index contributed by atoms with van der Waals surface area (Å²) in [7, 11) is 0. The lowest BCUT2D eigenvalue weighted by Crippen LogP contribution is -2.12. The van der Waals surface area contributed by atoms with E-state index in [2.05, 4.69) is 23.5 Å². The predicted octanol–water partition coefficient (Wildman–Crippen LogP) is 2.70. The molecule has 1 aromatic carbocycles. The van der Waals surface area contributed by atoms with E-state index in [4.69, 9.17) is 5.11 Å². The Balaban J connectivity index is 2.00. The average molecular weight is 233 g/mol. The van der Waals surface area contributed by atoms with Gasteiger partial charge in [-0.05, 0) is 42.9 Å². The van der Waals surface area contributed by atoms with Crippen LogP contribution in [-0.4, -0.2) is 17.6 Å². The highest BCUT2D eigenvalue weighted by atomic mass is 16.4. The minimum atomic E-state index is -0.704. The Morgan fingerprint density at radius 2 is 2.35 bits per heavy atom. The van der Waals surface area contributed by atoms with E-state index in [1.54, 1.807) is 6.92 Å². The Labute approximate surface area is 102 Å². The summed E-state index contributed by atoms with van der Waals surface area (Å²) >= 11 is 0. The van der Waals surface area contributed by atoms with Crippen molar-refractivity contribution in [2.45, 2.75) is 32.6 Å². The zero-order valence-electron chi connectivity index (χ0n) is 10.2. The van der Waals surface area contributed by atoms with Gasteiger partial charge in [-0.15, -0.1) is 0 Å². The maximum Gasteiger partial charge on any atom is 0.306 e. The van der Waals surface area contributed by atoms with Gasteiger partial charge in [-0.25, -0.2) is 0 Å². The van der Waals surface area contributed by atoms with Crippen molar-refractivity contribution in [2.24, 2.45) is 5.92 Å². The normalized spacial score (nSPS) is 15.8. The molecule has 0 saturated carbocycles. The Morgan fingerprint density at radius 3 is 3.12 bits per heavy atom. The molecule has 1 heterocycles. The predicted molar refractivity (Wildman–Crippen MR) is 68.4 cm³/mol. The quantitative estimate of drug-likeness (QED) is 0.840. The van der Waals surface area contributed by atoms with Crippen molar-refractivity contribution in [2.75, 3.05) is 11.9 Å². The Morgan fingerprint density at radius 1 is 1.53 bits per heavy atom. The molecule has 1 atom stereocenters. The fourth-order valence-corrected chi connectivity index (χ4v) is 2.19. The molecule has 3 heteroatoms. The number of hydrogen-bond acceptors (Lipinski definition) is 2. The molecule has 1 unspecified atom stereocenters. The number of nitrogens with one attached hydrogen (secondary N) is 1. The smallest absolute Gasteiger partial charge is 0.306 e. The van der Waals surface area contributed by atoms with Gasteiger partial charge in [-0.1, -0.05) is 19.1 Å². The standard InChI is InChI=1S/C14H19NO2/c1-10(14(16)17)4-5-11-6-7-13-12(9-11)3-2-8-15-13/h6-7,9-10,15H,2-5,8H2,1H3,(H,16,17). The number of benzene rings is 1. The lowest BCUT2D eigenvalue weighted by atomic mass is 9.96. The van der Waals surface area contributed by atoms with Crippen LogP contribution >= 0.6 is 0 Å². The molecule has 0 spiro atoms. The Kier molecular flexibility index (Phi) is 3.67. The van der Waals surface area contributed by atoms with Crippen molar-refractivity contribution in [1.29, 1.82) is 0 Å². The molecule has 0 amide bonds. The lowest BCUT2D eigenvalue weighted by molar-refractivity contribution is -0.141. The summed E-state index contributed by atoms with van der Waals surface area (Å²) in [6.45, 7) is 2.82. The van der Waals surface area contributed by atoms with E-state index in [1.807, 2.05) is 0 Å². The van der Waals surface area contributed by atoms with E-state index >= 15 is 0 Å². The van der Waals surface area contributed by atoms with Crippen LogP contribution in [0.25, 0.3) is 0 Å². The van der Waals surface area contributed by atoms with Gasteiger partial charge in [0.15, 0.2) is 0 Å². The molecule has 1 aromatic rings. The molecule has 2 N–H and O–H groups in total. The number of aliphatic carboxylic acids is 1. The molecule has 1 aliphatic heterocycles. The largest absolute Gasteiger partial charge is 0.481 e. The summed E-state index contributed by atoms with van der Waals surface area (Å²) in [4.78, 5) is 10.7. The molecule has 1 aliphatic rings. The number of hydrogen-bond donors (Lipinski definition) is 2. The molecule has 0 radical (unpaired) electrons. The second-order valence-electron chi connectivity index (χ2n) is 4.80. The van der Waals surface area contributed by atoms with Crippen LogP contribution in [-0.2, 0) is 17.6 Å². The fraction of sp³-hybridized carbons (Fsp3) is 0.500. The third kappa shape index (κ3) is 2.99. The van der Waals surface area contributed by atoms with Gasteiger partial charge in [0.05, 0.1) is 5.92 Å². The first-order valence-electron chi connectivity index (χ1n) is 6.25. The van der Waals surface area contributed by atoms with Gasteiger partial charge in [0.25, 0.3) is 0 Å². The highest BCUT2D eigenvalue weighted by Gasteiger charge is 2.12. The Bertz CT molecular complexity index is 415. The first-order valence-corrected chi connectivity index (χ1v) is 6.25. The van der Waals surface area contributed by atoms with Gasteiger partial charge in [0.1, 0.15) is 0 Å². The van der Waals surface area contributed by atoms with E-state index in [0.29, 0.717) is 6.42 Å². The highest BCUT2D eigenvalue weighted by Crippen LogP contribution is 2.23. The van der Waals surface area contributed by atoms with Crippen molar-refractivity contribution in [3.8, 4) is 0 Å². The molecule has 0 aliphatic carbocycles. The van der Waals surface area contributed by atoms with Crippen LogP contribution < -0.4 is 5.32 Å². The van der Waals surface area contributed by atoms with Gasteiger partial charge in [-0.2, -0.15) is 0 Å². The summed E-state index contributed by atoms with van der Waals surface area (Å²) in [6, 6.07) is 6.44. The van der Waals surface area contributed by atoms with Crippen LogP contribution in [0.3, 0.4) is 0 Å². The Hall–Kier alpha value is -1.51. The molecule has 17 heavy (non-hydrogen) atoms. The molecule has 0 bridgehead atoms. The van der Waals surface area contributed by atoms with E-state index in [0.717, 1.165) is 19.4 Å². The van der Waals surface area contributed by atoms with Crippen LogP contribution in [0, 0.1) is 5.92 Å². The molecular weight excluding hydrogens is 214 g/mol. The summed E-state index contributed by atoms with van der Waals surface area (Å²) < 4.78 is 0. The SMILES string of the molecule is CC(CCc1ccc2c(c1)CCCN2)C(=O)O. The molecule has 0 aromatic heterocycles. The van der Waals surface area contributed by atoms with Gasteiger partial charge >= 0.3 is 5.97 Å². The summed E-state index contributed by atoms with van der Waals surface area (Å²) in [5, 5.41) is 12.2. The van der Waals surface area contributed by atoms with Crippen molar-refractivity contribution in [1.82, 2.24) is 0 Å². The zero-order valence-corrected chi connectivity index (χ0v) is 10.2. The minimum absolute atomic E-state index is 0.260. The summed E-state index contributed by atoms with van der Waals surface area (Å²) in [5.74, 6) is -0.964. The zero-order chi connectivity index (χ0) is 12.3. The first kappa shape index (κ1) is 12.0. The van der Waals surface area contributed by atoms with E-state index in [-0.39, 0.29) is 5.92 Å². The maximum absolute atomic E-state index is 10.7. The van der Waals surface area contributed by atoms with E-state index in [1.165, 1.54) is 23.2 Å². The fourth-order valence-electron chi connectivity index (χ4n) is 2.19. The average Bonchev–Trinajstić information content (AvgIpc) is 2.35. The van der Waals surface area contributed by atoms with Gasteiger partial charge in [-0.3, -0.25) is 4.79 Å². The van der Waals surface area contributed by atoms with Crippen molar-refractivity contribution >= 4 is 11.7 Å². The molecule has 0 saturated heterocycles. The van der Waals surface area contributed by atoms with Gasteiger partial charge in [0.2, 0.25) is 0 Å². The van der Waals surface area contributed by atoms with Crippen molar-refractivity contribution in [3.63, 3.8) is 0 Å². The van der Waals surface area contributed by atoms with E-state index in [9.17, 15) is 4.79 Å². The van der Waals surface area contributed by atoms with Crippen LogP contribution in [0.4, 0.5) is 5.69 Å². The van der Waals surface area contributed by atoms with Crippen LogP contribution in [0.5, 0.6) is 0 Å². The third-order valence-corrected chi connectivity index (χ3v) is 3.40. The number of aryl methyl sites for hydroxylation is 2. The molecule has 0 fully saturated rings. The topological polar surface area (TPSA) is 49.3 Å². The van der Waals surface area contributed by atoms with Crippen molar-refractivity contribution in [3.05, 3.63) is 29.3 Å². The van der Waals surface area contributed by atoms with Crippen LogP contribution in [0.15, 0.2) is 18.2 Å². The van der Waals surface area contributed by atoms with Gasteiger partial charge in [0, 0.05) is 12.2 Å². The van der Waals surface area contributed by atoms with Gasteiger partial charge < -0.3 is 10.4 Å². The number of carboxylic acid groups (broad SMARTS) is 1. The van der Waals surface area contributed by atoms with Crippen molar-refractivity contribution < 1.29 is 9.90 Å². The number of fused-ring (bicyclic) bond motifs is 1. The molecular formula is C14H19NO2. The highest BCUT2D eigenvalue weighted by molar-refractivity contribution is 5.69. The third-order valence-electron chi connectivity index (χ3n) is 3.40. The summed E-state index contributed by atoms with van der Waals surface area (Å²) in [6.07, 6.45) is 3.87. The number of carbonyl (C=O) groups is 1. The second kappa shape index (κ2) is 5.21. The van der Waals surface area contributed by atoms with Crippen LogP contribution in [0.1, 0.15) is 30.9 Å². The van der Waals surface area contributed by atoms with Crippen LogP contribution in [0.2, 0.25) is 0 Å². The molecule has 92 valence electrons. The number of rotatable bonds is 4. The number of anilines is 1. The maximum atomic E-state index is 10.7. The lowest BCUT2D eigenvalue weighted by Gasteiger charge is -2.18. The monoisotopic (exact) mass is 233 g/mol. The number of carboxylic acids is 1.